The average Bonchev–Trinajstić information content (AvgIpc) is 2.51. The summed E-state index contributed by atoms with van der Waals surface area (Å²) in [5, 5.41) is 8.63. The Bertz CT molecular complexity index is 507. The number of para-hydroxylation sites is 1. The number of benzene rings is 2. The van der Waals surface area contributed by atoms with Crippen LogP contribution in [0.25, 0.3) is 0 Å². The summed E-state index contributed by atoms with van der Waals surface area (Å²) < 4.78 is 0. The van der Waals surface area contributed by atoms with Gasteiger partial charge in [-0.15, -0.1) is 0 Å². The molecular formula is C18H21NO. The molecule has 0 unspecified atom stereocenters. The van der Waals surface area contributed by atoms with Crippen LogP contribution in [0.3, 0.4) is 0 Å². The minimum Gasteiger partial charge on any atom is -0.508 e. The van der Waals surface area contributed by atoms with Gasteiger partial charge >= 0.3 is 0 Å². The number of nitrogens with zero attached hydrogens (tertiary/aromatic N) is 1. The van der Waals surface area contributed by atoms with Crippen molar-refractivity contribution in [2.45, 2.75) is 13.0 Å². The largest absolute Gasteiger partial charge is 0.508 e. The number of phenolic OH excluding ortho intramolecular Hbond substituents is 1. The summed E-state index contributed by atoms with van der Waals surface area (Å²) in [5.74, 6) is 0.322. The van der Waals surface area contributed by atoms with Gasteiger partial charge in [0.15, 0.2) is 0 Å². The molecule has 104 valence electrons. The third-order valence-corrected chi connectivity index (χ3v) is 3.15. The van der Waals surface area contributed by atoms with Gasteiger partial charge in [0.25, 0.3) is 0 Å². The zero-order valence-corrected chi connectivity index (χ0v) is 11.7. The van der Waals surface area contributed by atoms with Crippen molar-refractivity contribution in [1.29, 1.82) is 0 Å². The summed E-state index contributed by atoms with van der Waals surface area (Å²) >= 11 is 0. The van der Waals surface area contributed by atoms with E-state index >= 15 is 0 Å². The van der Waals surface area contributed by atoms with Crippen molar-refractivity contribution in [2.24, 2.45) is 0 Å². The van der Waals surface area contributed by atoms with E-state index in [1.54, 1.807) is 24.3 Å². The van der Waals surface area contributed by atoms with Crippen molar-refractivity contribution in [2.75, 3.05) is 13.1 Å². The molecule has 0 fully saturated rings. The Labute approximate surface area is 121 Å². The van der Waals surface area contributed by atoms with Crippen LogP contribution in [0.4, 0.5) is 0 Å². The number of hydrogen-bond acceptors (Lipinski definition) is 2. The Morgan fingerprint density at radius 1 is 0.850 bits per heavy atom. The van der Waals surface area contributed by atoms with E-state index in [4.69, 9.17) is 5.11 Å². The van der Waals surface area contributed by atoms with E-state index in [1.807, 2.05) is 6.07 Å². The quantitative estimate of drug-likeness (QED) is 0.836. The topological polar surface area (TPSA) is 23.5 Å². The molecule has 0 spiro atoms. The molecule has 2 heteroatoms. The summed E-state index contributed by atoms with van der Waals surface area (Å²) in [4.78, 5) is 2.47. The Hall–Kier alpha value is -2.06. The van der Waals surface area contributed by atoms with Crippen LogP contribution in [0.15, 0.2) is 72.8 Å². The second-order valence-corrected chi connectivity index (χ2v) is 4.82. The Kier molecular flexibility index (Phi) is 5.87. The summed E-state index contributed by atoms with van der Waals surface area (Å²) in [6.45, 7) is 3.39. The maximum Gasteiger partial charge on any atom is 0.115 e. The van der Waals surface area contributed by atoms with Crippen LogP contribution < -0.4 is 0 Å². The minimum absolute atomic E-state index is 0.322. The van der Waals surface area contributed by atoms with Crippen molar-refractivity contribution < 1.29 is 5.11 Å². The smallest absolute Gasteiger partial charge is 0.115 e. The van der Waals surface area contributed by atoms with Gasteiger partial charge in [-0.05, 0) is 24.1 Å². The SMILES string of the molecule is C1=CCN(Cc2ccccc2)CC1.Oc1ccccc1. The van der Waals surface area contributed by atoms with Gasteiger partial charge in [-0.2, -0.15) is 0 Å². The van der Waals surface area contributed by atoms with Crippen LogP contribution in [-0.2, 0) is 6.54 Å². The Morgan fingerprint density at radius 2 is 1.50 bits per heavy atom. The molecule has 2 aromatic carbocycles. The molecule has 0 aromatic heterocycles. The highest BCUT2D eigenvalue weighted by atomic mass is 16.3. The molecule has 2 nitrogen and oxygen atoms in total. The van der Waals surface area contributed by atoms with Crippen molar-refractivity contribution >= 4 is 0 Å². The van der Waals surface area contributed by atoms with Gasteiger partial charge < -0.3 is 5.11 Å². The number of hydrogen-bond donors (Lipinski definition) is 1. The van der Waals surface area contributed by atoms with Crippen LogP contribution >= 0.6 is 0 Å². The molecule has 1 heterocycles. The fourth-order valence-corrected chi connectivity index (χ4v) is 2.10. The summed E-state index contributed by atoms with van der Waals surface area (Å²) in [6, 6.07) is 19.4. The van der Waals surface area contributed by atoms with E-state index in [1.165, 1.54) is 18.5 Å². The highest BCUT2D eigenvalue weighted by Gasteiger charge is 2.05. The lowest BCUT2D eigenvalue weighted by Gasteiger charge is -2.22. The molecular weight excluding hydrogens is 246 g/mol. The van der Waals surface area contributed by atoms with Crippen LogP contribution in [0.2, 0.25) is 0 Å². The van der Waals surface area contributed by atoms with E-state index < -0.39 is 0 Å². The fraction of sp³-hybridized carbons (Fsp3) is 0.222. The molecule has 0 atom stereocenters. The molecule has 2 aromatic rings. The minimum atomic E-state index is 0.322. The lowest BCUT2D eigenvalue weighted by Crippen LogP contribution is -2.26. The maximum absolute atomic E-state index is 8.63. The van der Waals surface area contributed by atoms with Crippen molar-refractivity contribution in [3.8, 4) is 5.75 Å². The van der Waals surface area contributed by atoms with Gasteiger partial charge in [0, 0.05) is 19.6 Å². The van der Waals surface area contributed by atoms with Crippen LogP contribution in [0, 0.1) is 0 Å². The Morgan fingerprint density at radius 3 is 2.00 bits per heavy atom. The molecule has 20 heavy (non-hydrogen) atoms. The van der Waals surface area contributed by atoms with Crippen LogP contribution in [0.1, 0.15) is 12.0 Å². The first-order valence-corrected chi connectivity index (χ1v) is 7.00. The average molecular weight is 267 g/mol. The third-order valence-electron chi connectivity index (χ3n) is 3.15. The highest BCUT2D eigenvalue weighted by Crippen LogP contribution is 2.07. The van der Waals surface area contributed by atoms with Gasteiger partial charge in [0.05, 0.1) is 0 Å². The van der Waals surface area contributed by atoms with Crippen molar-refractivity contribution in [3.63, 3.8) is 0 Å². The first kappa shape index (κ1) is 14.4. The zero-order valence-electron chi connectivity index (χ0n) is 11.7. The summed E-state index contributed by atoms with van der Waals surface area (Å²) in [5.41, 5.74) is 1.41. The number of aromatic hydroxyl groups is 1. The zero-order chi connectivity index (χ0) is 14.0. The maximum atomic E-state index is 8.63. The van der Waals surface area contributed by atoms with E-state index in [0.29, 0.717) is 5.75 Å². The van der Waals surface area contributed by atoms with Gasteiger partial charge in [0.2, 0.25) is 0 Å². The van der Waals surface area contributed by atoms with Crippen LogP contribution in [-0.4, -0.2) is 23.1 Å². The van der Waals surface area contributed by atoms with Gasteiger partial charge in [-0.25, -0.2) is 0 Å². The second-order valence-electron chi connectivity index (χ2n) is 4.82. The normalized spacial score (nSPS) is 14.4. The van der Waals surface area contributed by atoms with Crippen LogP contribution in [0.5, 0.6) is 5.75 Å². The van der Waals surface area contributed by atoms with Crippen molar-refractivity contribution in [3.05, 3.63) is 78.4 Å². The van der Waals surface area contributed by atoms with E-state index in [-0.39, 0.29) is 0 Å². The molecule has 3 rings (SSSR count). The summed E-state index contributed by atoms with van der Waals surface area (Å²) in [6.07, 6.45) is 5.72. The highest BCUT2D eigenvalue weighted by molar-refractivity contribution is 5.18. The molecule has 1 aliphatic heterocycles. The molecule has 0 saturated heterocycles. The summed E-state index contributed by atoms with van der Waals surface area (Å²) in [7, 11) is 0. The predicted octanol–water partition coefficient (Wildman–Crippen LogP) is 3.84. The van der Waals surface area contributed by atoms with Gasteiger partial charge in [-0.1, -0.05) is 60.7 Å². The monoisotopic (exact) mass is 267 g/mol. The predicted molar refractivity (Wildman–Crippen MR) is 83.6 cm³/mol. The second kappa shape index (κ2) is 8.18. The van der Waals surface area contributed by atoms with E-state index in [0.717, 1.165) is 13.1 Å². The molecule has 0 saturated carbocycles. The molecule has 0 aliphatic carbocycles. The Balaban J connectivity index is 0.000000178. The molecule has 0 bridgehead atoms. The number of rotatable bonds is 2. The fourth-order valence-electron chi connectivity index (χ4n) is 2.10. The molecule has 1 aliphatic rings. The molecule has 1 N–H and O–H groups in total. The lowest BCUT2D eigenvalue weighted by molar-refractivity contribution is 0.291. The third kappa shape index (κ3) is 5.29. The van der Waals surface area contributed by atoms with E-state index in [2.05, 4.69) is 47.4 Å². The molecule has 0 amide bonds. The van der Waals surface area contributed by atoms with Crippen molar-refractivity contribution in [1.82, 2.24) is 4.90 Å². The first-order valence-electron chi connectivity index (χ1n) is 7.00. The van der Waals surface area contributed by atoms with Gasteiger partial charge in [0.1, 0.15) is 5.75 Å². The first-order chi connectivity index (χ1) is 9.84. The van der Waals surface area contributed by atoms with Gasteiger partial charge in [-0.3, -0.25) is 4.90 Å². The van der Waals surface area contributed by atoms with E-state index in [9.17, 15) is 0 Å². The standard InChI is InChI=1S/C12H15N.C6H6O/c1-3-7-12(8-4-1)11-13-9-5-2-6-10-13;7-6-4-2-1-3-5-6/h1-5,7-8H,6,9-11H2;1-5,7H. The molecule has 0 radical (unpaired) electrons. The lowest BCUT2D eigenvalue weighted by atomic mass is 10.2. The number of phenols is 1.